The van der Waals surface area contributed by atoms with Gasteiger partial charge < -0.3 is 19.1 Å². The maximum absolute atomic E-state index is 12.1. The maximum atomic E-state index is 12.1. The maximum Gasteiger partial charge on any atom is 0.251 e. The Kier molecular flexibility index (Phi) is 7.74. The molecule has 0 N–H and O–H groups in total. The lowest BCUT2D eigenvalue weighted by molar-refractivity contribution is -0.144. The Morgan fingerprint density at radius 1 is 1.18 bits per heavy atom. The van der Waals surface area contributed by atoms with Gasteiger partial charge in [-0.1, -0.05) is 6.07 Å². The van der Waals surface area contributed by atoms with Crippen molar-refractivity contribution in [2.45, 2.75) is 39.9 Å². The number of ether oxygens (including phenoxy) is 3. The Balaban J connectivity index is 2.39. The van der Waals surface area contributed by atoms with Crippen LogP contribution in [0.25, 0.3) is 0 Å². The Morgan fingerprint density at radius 2 is 1.82 bits per heavy atom. The molecule has 0 aliphatic heterocycles. The van der Waals surface area contributed by atoms with Gasteiger partial charge in [0.05, 0.1) is 19.3 Å². The highest BCUT2D eigenvalue weighted by atomic mass is 16.5. The highest BCUT2D eigenvalue weighted by Crippen LogP contribution is 2.19. The average Bonchev–Trinajstić information content (AvgIpc) is 2.46. The third-order valence-corrected chi connectivity index (χ3v) is 3.01. The fraction of sp³-hybridized carbons (Fsp3) is 0.588. The minimum atomic E-state index is -0.439. The van der Waals surface area contributed by atoms with E-state index in [4.69, 9.17) is 14.2 Å². The summed E-state index contributed by atoms with van der Waals surface area (Å²) >= 11 is 0. The molecule has 0 saturated carbocycles. The van der Waals surface area contributed by atoms with E-state index >= 15 is 0 Å². The minimum absolute atomic E-state index is 0.0323. The minimum Gasteiger partial charge on any atom is -0.494 e. The average molecular weight is 309 g/mol. The first-order valence-electron chi connectivity index (χ1n) is 7.70. The van der Waals surface area contributed by atoms with Gasteiger partial charge in [-0.25, -0.2) is 0 Å². The molecular formula is C17H27NO4. The molecule has 22 heavy (non-hydrogen) atoms. The zero-order valence-electron chi connectivity index (χ0n) is 14.2. The van der Waals surface area contributed by atoms with Gasteiger partial charge in [0.2, 0.25) is 0 Å². The van der Waals surface area contributed by atoms with Crippen molar-refractivity contribution in [3.63, 3.8) is 0 Å². The molecule has 0 fully saturated rings. The third kappa shape index (κ3) is 6.35. The van der Waals surface area contributed by atoms with Gasteiger partial charge in [0.25, 0.3) is 5.91 Å². The number of nitrogens with zero attached hydrogens (tertiary/aromatic N) is 1. The molecule has 5 nitrogen and oxygen atoms in total. The van der Waals surface area contributed by atoms with E-state index in [1.165, 1.54) is 0 Å². The Morgan fingerprint density at radius 3 is 2.41 bits per heavy atom. The topological polar surface area (TPSA) is 48.0 Å². The van der Waals surface area contributed by atoms with Gasteiger partial charge in [-0.15, -0.1) is 0 Å². The molecular weight excluding hydrogens is 282 g/mol. The SMILES string of the molecule is CCOc1cccc(OCCN(C)C(=O)C(C)OC(C)C)c1. The van der Waals surface area contributed by atoms with E-state index in [1.807, 2.05) is 45.0 Å². The van der Waals surface area contributed by atoms with Crippen LogP contribution < -0.4 is 9.47 Å². The van der Waals surface area contributed by atoms with Gasteiger partial charge in [-0.05, 0) is 39.8 Å². The quantitative estimate of drug-likeness (QED) is 0.704. The van der Waals surface area contributed by atoms with Crippen molar-refractivity contribution in [1.82, 2.24) is 4.90 Å². The summed E-state index contributed by atoms with van der Waals surface area (Å²) in [6.45, 7) is 9.08. The molecule has 124 valence electrons. The molecule has 0 aromatic heterocycles. The van der Waals surface area contributed by atoms with E-state index < -0.39 is 6.10 Å². The Bertz CT molecular complexity index is 462. The van der Waals surface area contributed by atoms with Crippen molar-refractivity contribution >= 4 is 5.91 Å². The molecule has 0 aliphatic carbocycles. The largest absolute Gasteiger partial charge is 0.494 e. The summed E-state index contributed by atoms with van der Waals surface area (Å²) in [5, 5.41) is 0. The van der Waals surface area contributed by atoms with Crippen LogP contribution in [0.2, 0.25) is 0 Å². The smallest absolute Gasteiger partial charge is 0.251 e. The lowest BCUT2D eigenvalue weighted by atomic mass is 10.3. The van der Waals surface area contributed by atoms with Crippen LogP contribution in [0.3, 0.4) is 0 Å². The van der Waals surface area contributed by atoms with Crippen LogP contribution in [0, 0.1) is 0 Å². The molecule has 0 spiro atoms. The molecule has 1 aromatic rings. The third-order valence-electron chi connectivity index (χ3n) is 3.01. The van der Waals surface area contributed by atoms with E-state index in [-0.39, 0.29) is 12.0 Å². The molecule has 0 saturated heterocycles. The molecule has 1 unspecified atom stereocenters. The highest BCUT2D eigenvalue weighted by Gasteiger charge is 2.18. The number of likely N-dealkylation sites (N-methyl/N-ethyl adjacent to an activating group) is 1. The molecule has 5 heteroatoms. The van der Waals surface area contributed by atoms with Crippen molar-refractivity contribution in [3.8, 4) is 11.5 Å². The van der Waals surface area contributed by atoms with Gasteiger partial charge in [0, 0.05) is 13.1 Å². The zero-order valence-corrected chi connectivity index (χ0v) is 14.2. The number of amides is 1. The van der Waals surface area contributed by atoms with Crippen LogP contribution in [0.5, 0.6) is 11.5 Å². The first-order chi connectivity index (χ1) is 10.4. The number of carbonyl (C=O) groups excluding carboxylic acids is 1. The fourth-order valence-corrected chi connectivity index (χ4v) is 2.01. The van der Waals surface area contributed by atoms with E-state index in [2.05, 4.69) is 0 Å². The van der Waals surface area contributed by atoms with Crippen LogP contribution in [0.1, 0.15) is 27.7 Å². The van der Waals surface area contributed by atoms with E-state index in [1.54, 1.807) is 18.9 Å². The van der Waals surface area contributed by atoms with Crippen LogP contribution in [-0.4, -0.2) is 49.8 Å². The van der Waals surface area contributed by atoms with Crippen molar-refractivity contribution in [3.05, 3.63) is 24.3 Å². The number of rotatable bonds is 9. The Labute approximate surface area is 133 Å². The zero-order chi connectivity index (χ0) is 16.5. The van der Waals surface area contributed by atoms with Crippen molar-refractivity contribution in [2.75, 3.05) is 26.8 Å². The van der Waals surface area contributed by atoms with Crippen molar-refractivity contribution in [1.29, 1.82) is 0 Å². The first-order valence-corrected chi connectivity index (χ1v) is 7.70. The number of benzene rings is 1. The summed E-state index contributed by atoms with van der Waals surface area (Å²) in [6.07, 6.45) is -0.406. The van der Waals surface area contributed by atoms with E-state index in [0.717, 1.165) is 11.5 Å². The fourth-order valence-electron chi connectivity index (χ4n) is 2.01. The van der Waals surface area contributed by atoms with Crippen LogP contribution in [-0.2, 0) is 9.53 Å². The summed E-state index contributed by atoms with van der Waals surface area (Å²) < 4.78 is 16.6. The van der Waals surface area contributed by atoms with Crippen LogP contribution in [0.15, 0.2) is 24.3 Å². The molecule has 0 heterocycles. The standard InChI is InChI=1S/C17H27NO4/c1-6-20-15-8-7-9-16(12-15)21-11-10-18(5)17(19)14(4)22-13(2)3/h7-9,12-14H,6,10-11H2,1-5H3. The van der Waals surface area contributed by atoms with Gasteiger partial charge in [0.1, 0.15) is 24.2 Å². The van der Waals surface area contributed by atoms with Gasteiger partial charge in [-0.3, -0.25) is 4.79 Å². The molecule has 1 rings (SSSR count). The molecule has 1 amide bonds. The lowest BCUT2D eigenvalue weighted by Crippen LogP contribution is -2.39. The normalized spacial score (nSPS) is 12.1. The second-order valence-electron chi connectivity index (χ2n) is 5.34. The number of hydrogen-bond acceptors (Lipinski definition) is 4. The summed E-state index contributed by atoms with van der Waals surface area (Å²) in [4.78, 5) is 13.7. The van der Waals surface area contributed by atoms with Crippen LogP contribution >= 0.6 is 0 Å². The highest BCUT2D eigenvalue weighted by molar-refractivity contribution is 5.80. The van der Waals surface area contributed by atoms with E-state index in [0.29, 0.717) is 19.8 Å². The molecule has 1 atom stereocenters. The predicted molar refractivity (Wildman–Crippen MR) is 86.4 cm³/mol. The lowest BCUT2D eigenvalue weighted by Gasteiger charge is -2.23. The molecule has 0 aliphatic rings. The van der Waals surface area contributed by atoms with E-state index in [9.17, 15) is 4.79 Å². The summed E-state index contributed by atoms with van der Waals surface area (Å²) in [7, 11) is 1.75. The molecule has 1 aromatic carbocycles. The number of hydrogen-bond donors (Lipinski definition) is 0. The van der Waals surface area contributed by atoms with Crippen molar-refractivity contribution < 1.29 is 19.0 Å². The van der Waals surface area contributed by atoms with Crippen molar-refractivity contribution in [2.24, 2.45) is 0 Å². The number of carbonyl (C=O) groups is 1. The Hall–Kier alpha value is -1.75. The summed E-state index contributed by atoms with van der Waals surface area (Å²) in [6, 6.07) is 7.48. The monoisotopic (exact) mass is 309 g/mol. The van der Waals surface area contributed by atoms with Gasteiger partial charge in [0.15, 0.2) is 0 Å². The van der Waals surface area contributed by atoms with Crippen LogP contribution in [0.4, 0.5) is 0 Å². The van der Waals surface area contributed by atoms with Gasteiger partial charge >= 0.3 is 0 Å². The predicted octanol–water partition coefficient (Wildman–Crippen LogP) is 2.74. The molecule has 0 radical (unpaired) electrons. The summed E-state index contributed by atoms with van der Waals surface area (Å²) in [5.74, 6) is 1.47. The second kappa shape index (κ2) is 9.30. The second-order valence-corrected chi connectivity index (χ2v) is 5.34. The molecule has 0 bridgehead atoms. The van der Waals surface area contributed by atoms with Gasteiger partial charge in [-0.2, -0.15) is 0 Å². The first kappa shape index (κ1) is 18.3. The summed E-state index contributed by atoms with van der Waals surface area (Å²) in [5.41, 5.74) is 0.